The average Bonchev–Trinajstić information content (AvgIpc) is 2.48. The van der Waals surface area contributed by atoms with Crippen molar-refractivity contribution in [1.82, 2.24) is 10.2 Å². The summed E-state index contributed by atoms with van der Waals surface area (Å²) in [6, 6.07) is 14.5. The summed E-state index contributed by atoms with van der Waals surface area (Å²) in [6.45, 7) is 1.63. The van der Waals surface area contributed by atoms with E-state index in [4.69, 9.17) is 4.74 Å². The van der Waals surface area contributed by atoms with Crippen molar-refractivity contribution in [3.8, 4) is 0 Å². The van der Waals surface area contributed by atoms with E-state index in [1.165, 1.54) is 5.56 Å². The average molecular weight is 256 g/mol. The van der Waals surface area contributed by atoms with E-state index < -0.39 is 0 Å². The second kappa shape index (κ2) is 8.38. The van der Waals surface area contributed by atoms with Gasteiger partial charge >= 0.3 is 0 Å². The van der Waals surface area contributed by atoms with Gasteiger partial charge in [-0.05, 0) is 43.4 Å². The van der Waals surface area contributed by atoms with Crippen molar-refractivity contribution in [2.24, 2.45) is 0 Å². The van der Waals surface area contributed by atoms with Crippen LogP contribution >= 0.6 is 0 Å². The number of aromatic nitrogens is 2. The first kappa shape index (κ1) is 13.7. The van der Waals surface area contributed by atoms with E-state index in [1.54, 1.807) is 6.20 Å². The second-order valence-electron chi connectivity index (χ2n) is 4.52. The summed E-state index contributed by atoms with van der Waals surface area (Å²) < 4.78 is 5.63. The highest BCUT2D eigenvalue weighted by Gasteiger charge is 1.95. The van der Waals surface area contributed by atoms with Crippen LogP contribution in [-0.4, -0.2) is 23.4 Å². The quantitative estimate of drug-likeness (QED) is 0.681. The summed E-state index contributed by atoms with van der Waals surface area (Å²) in [5.41, 5.74) is 2.42. The minimum atomic E-state index is 0.797. The first-order valence-corrected chi connectivity index (χ1v) is 6.83. The molecule has 0 saturated carbocycles. The van der Waals surface area contributed by atoms with E-state index >= 15 is 0 Å². The minimum Gasteiger partial charge on any atom is -0.381 e. The van der Waals surface area contributed by atoms with Gasteiger partial charge in [0.05, 0.1) is 5.69 Å². The van der Waals surface area contributed by atoms with Gasteiger partial charge in [0.1, 0.15) is 0 Å². The summed E-state index contributed by atoms with van der Waals surface area (Å²) in [5, 5.41) is 7.90. The lowest BCUT2D eigenvalue weighted by Gasteiger charge is -2.04. The van der Waals surface area contributed by atoms with Gasteiger partial charge in [0.2, 0.25) is 0 Å². The summed E-state index contributed by atoms with van der Waals surface area (Å²) in [7, 11) is 0. The highest BCUT2D eigenvalue weighted by molar-refractivity contribution is 5.14. The molecule has 0 radical (unpaired) electrons. The fraction of sp³-hybridized carbons (Fsp3) is 0.375. The van der Waals surface area contributed by atoms with Crippen LogP contribution < -0.4 is 0 Å². The maximum Gasteiger partial charge on any atom is 0.0632 e. The Labute approximate surface area is 114 Å². The maximum absolute atomic E-state index is 5.63. The molecule has 19 heavy (non-hydrogen) atoms. The minimum absolute atomic E-state index is 0.797. The zero-order valence-corrected chi connectivity index (χ0v) is 11.2. The molecule has 0 N–H and O–H groups in total. The van der Waals surface area contributed by atoms with Gasteiger partial charge < -0.3 is 4.74 Å². The molecule has 1 aromatic carbocycles. The fourth-order valence-electron chi connectivity index (χ4n) is 1.95. The van der Waals surface area contributed by atoms with Gasteiger partial charge in [-0.3, -0.25) is 0 Å². The molecule has 1 heterocycles. The standard InChI is InChI=1S/C16H20N2O/c1-2-7-15(8-3-1)9-5-13-19-14-6-11-16-10-4-12-17-18-16/h1-4,7-8,10,12H,5-6,9,11,13-14H2. The van der Waals surface area contributed by atoms with E-state index in [9.17, 15) is 0 Å². The van der Waals surface area contributed by atoms with Gasteiger partial charge in [-0.25, -0.2) is 0 Å². The van der Waals surface area contributed by atoms with E-state index in [0.717, 1.165) is 44.6 Å². The highest BCUT2D eigenvalue weighted by Crippen LogP contribution is 2.03. The van der Waals surface area contributed by atoms with Crippen LogP contribution in [0.2, 0.25) is 0 Å². The Bertz CT molecular complexity index is 401. The lowest BCUT2D eigenvalue weighted by Crippen LogP contribution is -2.01. The molecule has 0 spiro atoms. The molecule has 2 aromatic rings. The molecule has 0 saturated heterocycles. The zero-order chi connectivity index (χ0) is 13.2. The van der Waals surface area contributed by atoms with Crippen molar-refractivity contribution < 1.29 is 4.74 Å². The molecule has 0 aliphatic carbocycles. The number of hydrogen-bond donors (Lipinski definition) is 0. The SMILES string of the molecule is c1ccc(CCCOCCCc2cccnn2)cc1. The van der Waals surface area contributed by atoms with Crippen LogP contribution in [0.3, 0.4) is 0 Å². The third kappa shape index (κ3) is 5.62. The van der Waals surface area contributed by atoms with Gasteiger partial charge in [-0.15, -0.1) is 0 Å². The Kier molecular flexibility index (Phi) is 6.03. The van der Waals surface area contributed by atoms with Crippen molar-refractivity contribution in [2.45, 2.75) is 25.7 Å². The smallest absolute Gasteiger partial charge is 0.0632 e. The number of ether oxygens (including phenoxy) is 1. The Morgan fingerprint density at radius 3 is 2.37 bits per heavy atom. The number of hydrogen-bond acceptors (Lipinski definition) is 3. The first-order chi connectivity index (χ1) is 9.45. The van der Waals surface area contributed by atoms with Crippen molar-refractivity contribution in [3.63, 3.8) is 0 Å². The molecule has 0 fully saturated rings. The monoisotopic (exact) mass is 256 g/mol. The van der Waals surface area contributed by atoms with Crippen LogP contribution in [-0.2, 0) is 17.6 Å². The molecule has 3 heteroatoms. The Morgan fingerprint density at radius 2 is 1.63 bits per heavy atom. The topological polar surface area (TPSA) is 35.0 Å². The van der Waals surface area contributed by atoms with Gasteiger partial charge in [0, 0.05) is 19.4 Å². The van der Waals surface area contributed by atoms with Crippen molar-refractivity contribution >= 4 is 0 Å². The van der Waals surface area contributed by atoms with Gasteiger partial charge in [0.25, 0.3) is 0 Å². The Morgan fingerprint density at radius 1 is 0.842 bits per heavy atom. The van der Waals surface area contributed by atoms with Crippen LogP contribution in [0.4, 0.5) is 0 Å². The second-order valence-corrected chi connectivity index (χ2v) is 4.52. The molecular formula is C16H20N2O. The zero-order valence-electron chi connectivity index (χ0n) is 11.2. The molecule has 2 rings (SSSR count). The Hall–Kier alpha value is -1.74. The van der Waals surface area contributed by atoms with E-state index in [1.807, 2.05) is 18.2 Å². The van der Waals surface area contributed by atoms with Crippen molar-refractivity contribution in [2.75, 3.05) is 13.2 Å². The first-order valence-electron chi connectivity index (χ1n) is 6.83. The van der Waals surface area contributed by atoms with Crippen molar-refractivity contribution in [1.29, 1.82) is 0 Å². The van der Waals surface area contributed by atoms with Gasteiger partial charge in [-0.1, -0.05) is 30.3 Å². The highest BCUT2D eigenvalue weighted by atomic mass is 16.5. The molecule has 3 nitrogen and oxygen atoms in total. The molecule has 0 atom stereocenters. The van der Waals surface area contributed by atoms with Crippen LogP contribution in [0.25, 0.3) is 0 Å². The van der Waals surface area contributed by atoms with Crippen LogP contribution in [0.5, 0.6) is 0 Å². The molecule has 0 bridgehead atoms. The summed E-state index contributed by atoms with van der Waals surface area (Å²) >= 11 is 0. The normalized spacial score (nSPS) is 10.5. The lowest BCUT2D eigenvalue weighted by molar-refractivity contribution is 0.129. The Balaban J connectivity index is 1.49. The van der Waals surface area contributed by atoms with Gasteiger partial charge in [-0.2, -0.15) is 10.2 Å². The molecule has 0 unspecified atom stereocenters. The number of rotatable bonds is 8. The molecular weight excluding hydrogens is 236 g/mol. The lowest BCUT2D eigenvalue weighted by atomic mass is 10.1. The number of aryl methyl sites for hydroxylation is 2. The van der Waals surface area contributed by atoms with Crippen molar-refractivity contribution in [3.05, 3.63) is 59.9 Å². The third-order valence-corrected chi connectivity index (χ3v) is 2.95. The predicted octanol–water partition coefficient (Wildman–Crippen LogP) is 3.06. The summed E-state index contributed by atoms with van der Waals surface area (Å²) in [5.74, 6) is 0. The summed E-state index contributed by atoms with van der Waals surface area (Å²) in [4.78, 5) is 0. The number of nitrogens with zero attached hydrogens (tertiary/aromatic N) is 2. The summed E-state index contributed by atoms with van der Waals surface area (Å²) in [6.07, 6.45) is 5.81. The van der Waals surface area contributed by atoms with E-state index in [2.05, 4.69) is 34.5 Å². The van der Waals surface area contributed by atoms with Crippen LogP contribution in [0.1, 0.15) is 24.1 Å². The van der Waals surface area contributed by atoms with Gasteiger partial charge in [0.15, 0.2) is 0 Å². The van der Waals surface area contributed by atoms with Crippen LogP contribution in [0.15, 0.2) is 48.7 Å². The predicted molar refractivity (Wildman–Crippen MR) is 75.9 cm³/mol. The van der Waals surface area contributed by atoms with Crippen LogP contribution in [0, 0.1) is 0 Å². The van der Waals surface area contributed by atoms with E-state index in [-0.39, 0.29) is 0 Å². The fourth-order valence-corrected chi connectivity index (χ4v) is 1.95. The maximum atomic E-state index is 5.63. The molecule has 0 aliphatic rings. The van der Waals surface area contributed by atoms with E-state index in [0.29, 0.717) is 0 Å². The molecule has 0 aliphatic heterocycles. The number of benzene rings is 1. The molecule has 0 amide bonds. The molecule has 1 aromatic heterocycles. The molecule has 100 valence electrons. The largest absolute Gasteiger partial charge is 0.381 e. The third-order valence-electron chi connectivity index (χ3n) is 2.95.